The molecule has 5 heteroatoms. The summed E-state index contributed by atoms with van der Waals surface area (Å²) in [4.78, 5) is 20.1. The topological polar surface area (TPSA) is 65.0 Å². The lowest BCUT2D eigenvalue weighted by Crippen LogP contribution is -2.24. The average Bonchev–Trinajstić information content (AvgIpc) is 2.10. The Morgan fingerprint density at radius 1 is 1.33 bits per heavy atom. The fraction of sp³-hybridized carbons (Fsp3) is 0.900. The van der Waals surface area contributed by atoms with Gasteiger partial charge in [-0.3, -0.25) is 0 Å². The Balaban J connectivity index is 3.34. The highest BCUT2D eigenvalue weighted by molar-refractivity contribution is 5.56. The Kier molecular flexibility index (Phi) is 7.07. The Morgan fingerprint density at radius 2 is 2.00 bits per heavy atom. The van der Waals surface area contributed by atoms with Crippen LogP contribution in [0, 0.1) is 0 Å². The quantitative estimate of drug-likeness (QED) is 0.295. The Bertz CT molecular complexity index is 179. The van der Waals surface area contributed by atoms with E-state index in [-0.39, 0.29) is 12.2 Å². The normalized spacial score (nSPS) is 11.4. The number of hydrogen-bond donors (Lipinski definition) is 1. The number of carboxylic acid groups (broad SMARTS) is 1. The lowest BCUT2D eigenvalue weighted by atomic mass is 10.0. The number of hydrogen-bond acceptors (Lipinski definition) is 4. The van der Waals surface area contributed by atoms with E-state index in [0.29, 0.717) is 13.0 Å². The third-order valence-corrected chi connectivity index (χ3v) is 1.73. The maximum Gasteiger partial charge on any atom is 0.505 e. The highest BCUT2D eigenvalue weighted by Crippen LogP contribution is 2.16. The zero-order chi connectivity index (χ0) is 11.7. The SMILES string of the molecule is CCCC(C)(C)OOCCCOC(=O)O. The van der Waals surface area contributed by atoms with Crippen LogP contribution in [0.2, 0.25) is 0 Å². The second kappa shape index (κ2) is 7.48. The first kappa shape index (κ1) is 14.2. The Morgan fingerprint density at radius 3 is 2.53 bits per heavy atom. The largest absolute Gasteiger partial charge is 0.505 e. The molecule has 15 heavy (non-hydrogen) atoms. The van der Waals surface area contributed by atoms with E-state index in [9.17, 15) is 4.79 Å². The van der Waals surface area contributed by atoms with Crippen LogP contribution >= 0.6 is 0 Å². The van der Waals surface area contributed by atoms with Crippen LogP contribution < -0.4 is 0 Å². The van der Waals surface area contributed by atoms with Gasteiger partial charge in [-0.25, -0.2) is 14.6 Å². The van der Waals surface area contributed by atoms with E-state index in [1.54, 1.807) is 0 Å². The molecule has 0 aromatic rings. The van der Waals surface area contributed by atoms with Crippen molar-refractivity contribution in [3.8, 4) is 0 Å². The van der Waals surface area contributed by atoms with E-state index in [1.807, 2.05) is 13.8 Å². The third kappa shape index (κ3) is 9.49. The molecule has 0 atom stereocenters. The van der Waals surface area contributed by atoms with Crippen LogP contribution in [0.1, 0.15) is 40.0 Å². The van der Waals surface area contributed by atoms with Gasteiger partial charge in [0.15, 0.2) is 0 Å². The summed E-state index contributed by atoms with van der Waals surface area (Å²) in [6.07, 6.45) is 1.17. The first-order valence-corrected chi connectivity index (χ1v) is 5.14. The van der Waals surface area contributed by atoms with Crippen molar-refractivity contribution < 1.29 is 24.4 Å². The smallest absolute Gasteiger partial charge is 0.450 e. The van der Waals surface area contributed by atoms with Crippen molar-refractivity contribution in [2.24, 2.45) is 0 Å². The molecule has 0 aliphatic rings. The lowest BCUT2D eigenvalue weighted by Gasteiger charge is -2.22. The molecule has 5 nitrogen and oxygen atoms in total. The van der Waals surface area contributed by atoms with Gasteiger partial charge >= 0.3 is 6.16 Å². The highest BCUT2D eigenvalue weighted by atomic mass is 17.2. The van der Waals surface area contributed by atoms with Gasteiger partial charge in [-0.1, -0.05) is 13.3 Å². The standard InChI is InChI=1S/C10H20O5/c1-4-6-10(2,3)15-14-8-5-7-13-9(11)12/h4-8H2,1-3H3,(H,11,12). The van der Waals surface area contributed by atoms with Gasteiger partial charge in [0.25, 0.3) is 0 Å². The van der Waals surface area contributed by atoms with Crippen molar-refractivity contribution in [1.82, 2.24) is 0 Å². The number of rotatable bonds is 8. The van der Waals surface area contributed by atoms with Crippen LogP contribution in [0.3, 0.4) is 0 Å². The predicted octanol–water partition coefficient (Wildman–Crippen LogP) is 2.60. The minimum Gasteiger partial charge on any atom is -0.450 e. The van der Waals surface area contributed by atoms with Gasteiger partial charge in [-0.15, -0.1) is 0 Å². The molecule has 0 saturated heterocycles. The molecule has 0 heterocycles. The maximum atomic E-state index is 9.98. The van der Waals surface area contributed by atoms with Gasteiger partial charge in [-0.2, -0.15) is 0 Å². The van der Waals surface area contributed by atoms with E-state index >= 15 is 0 Å². The summed E-state index contributed by atoms with van der Waals surface area (Å²) in [6.45, 7) is 6.44. The summed E-state index contributed by atoms with van der Waals surface area (Å²) < 4.78 is 4.30. The molecule has 0 amide bonds. The van der Waals surface area contributed by atoms with Crippen LogP contribution in [-0.4, -0.2) is 30.1 Å². The molecule has 0 fully saturated rings. The zero-order valence-corrected chi connectivity index (χ0v) is 9.62. The van der Waals surface area contributed by atoms with Gasteiger partial charge in [0.05, 0.1) is 18.8 Å². The monoisotopic (exact) mass is 220 g/mol. The van der Waals surface area contributed by atoms with E-state index in [4.69, 9.17) is 14.9 Å². The van der Waals surface area contributed by atoms with Crippen LogP contribution in [0.15, 0.2) is 0 Å². The highest BCUT2D eigenvalue weighted by Gasteiger charge is 2.18. The summed E-state index contributed by atoms with van der Waals surface area (Å²) in [5, 5.41) is 8.17. The van der Waals surface area contributed by atoms with Crippen LogP contribution in [0.5, 0.6) is 0 Å². The van der Waals surface area contributed by atoms with E-state index < -0.39 is 6.16 Å². The molecule has 0 aliphatic carbocycles. The molecule has 0 bridgehead atoms. The van der Waals surface area contributed by atoms with E-state index in [1.165, 1.54) is 0 Å². The summed E-state index contributed by atoms with van der Waals surface area (Å²) >= 11 is 0. The zero-order valence-electron chi connectivity index (χ0n) is 9.62. The van der Waals surface area contributed by atoms with Crippen molar-refractivity contribution in [1.29, 1.82) is 0 Å². The summed E-state index contributed by atoms with van der Waals surface area (Å²) in [5.41, 5.74) is -0.289. The molecule has 1 N–H and O–H groups in total. The van der Waals surface area contributed by atoms with Crippen molar-refractivity contribution >= 4 is 6.16 Å². The molecule has 0 aliphatic heterocycles. The molecule has 0 unspecified atom stereocenters. The second-order valence-electron chi connectivity index (χ2n) is 3.88. The maximum absolute atomic E-state index is 9.98. The van der Waals surface area contributed by atoms with Crippen LogP contribution in [0.25, 0.3) is 0 Å². The van der Waals surface area contributed by atoms with Crippen LogP contribution in [-0.2, 0) is 14.5 Å². The second-order valence-corrected chi connectivity index (χ2v) is 3.88. The average molecular weight is 220 g/mol. The van der Waals surface area contributed by atoms with Crippen LogP contribution in [0.4, 0.5) is 4.79 Å². The molecule has 90 valence electrons. The first-order valence-electron chi connectivity index (χ1n) is 5.14. The Hall–Kier alpha value is -0.810. The molecule has 0 rings (SSSR count). The molecule has 0 aromatic heterocycles. The predicted molar refractivity (Wildman–Crippen MR) is 54.6 cm³/mol. The van der Waals surface area contributed by atoms with Crippen molar-refractivity contribution in [3.05, 3.63) is 0 Å². The third-order valence-electron chi connectivity index (χ3n) is 1.73. The van der Waals surface area contributed by atoms with E-state index in [0.717, 1.165) is 12.8 Å². The van der Waals surface area contributed by atoms with Gasteiger partial charge in [0, 0.05) is 6.42 Å². The first-order chi connectivity index (χ1) is 6.98. The fourth-order valence-corrected chi connectivity index (χ4v) is 1.12. The molecule has 0 spiro atoms. The van der Waals surface area contributed by atoms with Gasteiger partial charge in [0.1, 0.15) is 0 Å². The Labute approximate surface area is 90.2 Å². The molecule has 0 aromatic carbocycles. The van der Waals surface area contributed by atoms with Crippen molar-refractivity contribution in [3.63, 3.8) is 0 Å². The minimum atomic E-state index is -1.26. The summed E-state index contributed by atoms with van der Waals surface area (Å²) in [5.74, 6) is 0. The molecule has 0 saturated carbocycles. The lowest BCUT2D eigenvalue weighted by molar-refractivity contribution is -0.355. The molecule has 0 radical (unpaired) electrons. The fourth-order valence-electron chi connectivity index (χ4n) is 1.12. The minimum absolute atomic E-state index is 0.132. The van der Waals surface area contributed by atoms with Gasteiger partial charge in [0.2, 0.25) is 0 Å². The van der Waals surface area contributed by atoms with Crippen molar-refractivity contribution in [2.75, 3.05) is 13.2 Å². The molecular formula is C10H20O5. The van der Waals surface area contributed by atoms with Gasteiger partial charge < -0.3 is 9.84 Å². The molecular weight excluding hydrogens is 200 g/mol. The summed E-state index contributed by atoms with van der Waals surface area (Å²) in [6, 6.07) is 0. The van der Waals surface area contributed by atoms with Gasteiger partial charge in [-0.05, 0) is 20.3 Å². The number of carbonyl (C=O) groups is 1. The van der Waals surface area contributed by atoms with E-state index in [2.05, 4.69) is 11.7 Å². The number of ether oxygens (including phenoxy) is 1. The summed E-state index contributed by atoms with van der Waals surface area (Å²) in [7, 11) is 0. The van der Waals surface area contributed by atoms with Crippen molar-refractivity contribution in [2.45, 2.75) is 45.6 Å².